The van der Waals surface area contributed by atoms with Crippen LogP contribution in [0, 0.1) is 0 Å². The first-order chi connectivity index (χ1) is 4.43. The molecular formula is C8H19N. The lowest BCUT2D eigenvalue weighted by atomic mass is 10.0. The van der Waals surface area contributed by atoms with E-state index in [2.05, 4.69) is 12.2 Å². The smallest absolute Gasteiger partial charge is 0.00669 e. The summed E-state index contributed by atoms with van der Waals surface area (Å²) in [6.07, 6.45) is 6.95. The molecule has 0 aromatic rings. The third kappa shape index (κ3) is 2.35. The zero-order valence-corrected chi connectivity index (χ0v) is 6.32. The summed E-state index contributed by atoms with van der Waals surface area (Å²) in [5, 5.41) is 3.52. The Labute approximate surface area is 59.3 Å². The number of nitrogens with one attached hydrogen (secondary N) is 1. The Kier molecular flexibility index (Phi) is 3.05. The first-order valence-electron chi connectivity index (χ1n) is 4.17. The topological polar surface area (TPSA) is 12.0 Å². The van der Waals surface area contributed by atoms with Crippen molar-refractivity contribution in [2.24, 2.45) is 0 Å². The molecule has 1 heterocycles. The summed E-state index contributed by atoms with van der Waals surface area (Å²) >= 11 is 0. The lowest BCUT2D eigenvalue weighted by molar-refractivity contribution is 0.380. The molecule has 0 saturated carbocycles. The summed E-state index contributed by atoms with van der Waals surface area (Å²) in [7, 11) is 0. The van der Waals surface area contributed by atoms with Crippen LogP contribution < -0.4 is 5.32 Å². The molecule has 0 spiro atoms. The fraction of sp³-hybridized carbons (Fsp3) is 1.00. The predicted molar refractivity (Wildman–Crippen MR) is 42.7 cm³/mol. The molecule has 0 radical (unpaired) electrons. The Bertz CT molecular complexity index is 66.9. The Morgan fingerprint density at radius 3 is 3.00 bits per heavy atom. The van der Waals surface area contributed by atoms with Gasteiger partial charge < -0.3 is 5.32 Å². The van der Waals surface area contributed by atoms with E-state index >= 15 is 0 Å². The maximum Gasteiger partial charge on any atom is 0.00669 e. The van der Waals surface area contributed by atoms with Crippen molar-refractivity contribution in [3.8, 4) is 0 Å². The van der Waals surface area contributed by atoms with Crippen LogP contribution >= 0.6 is 0 Å². The van der Waals surface area contributed by atoms with Crippen LogP contribution in [-0.4, -0.2) is 12.6 Å². The molecule has 0 aromatic heterocycles. The maximum absolute atomic E-state index is 3.52. The van der Waals surface area contributed by atoms with E-state index in [1.807, 2.05) is 0 Å². The first kappa shape index (κ1) is 7.07. The maximum atomic E-state index is 3.52. The minimum absolute atomic E-state index is 0. The molecule has 9 heavy (non-hydrogen) atoms. The van der Waals surface area contributed by atoms with Gasteiger partial charge in [-0.25, -0.2) is 0 Å². The highest BCUT2D eigenvalue weighted by Gasteiger charge is 2.09. The summed E-state index contributed by atoms with van der Waals surface area (Å²) < 4.78 is 0. The van der Waals surface area contributed by atoms with Gasteiger partial charge in [0.1, 0.15) is 0 Å². The van der Waals surface area contributed by atoms with E-state index in [1.165, 1.54) is 38.6 Å². The van der Waals surface area contributed by atoms with Crippen molar-refractivity contribution < 1.29 is 1.43 Å². The van der Waals surface area contributed by atoms with Crippen LogP contribution in [0.25, 0.3) is 0 Å². The largest absolute Gasteiger partial charge is 0.314 e. The van der Waals surface area contributed by atoms with E-state index < -0.39 is 0 Å². The van der Waals surface area contributed by atoms with Crippen LogP contribution in [0.2, 0.25) is 0 Å². The van der Waals surface area contributed by atoms with Gasteiger partial charge in [-0.05, 0) is 25.8 Å². The van der Waals surface area contributed by atoms with Gasteiger partial charge in [0.05, 0.1) is 0 Å². The molecule has 1 unspecified atom stereocenters. The fourth-order valence-corrected chi connectivity index (χ4v) is 1.52. The van der Waals surface area contributed by atoms with Crippen LogP contribution in [0.1, 0.15) is 40.5 Å². The summed E-state index contributed by atoms with van der Waals surface area (Å²) in [4.78, 5) is 0. The van der Waals surface area contributed by atoms with Crippen molar-refractivity contribution in [1.82, 2.24) is 5.32 Å². The molecule has 1 aliphatic heterocycles. The van der Waals surface area contributed by atoms with Crippen molar-refractivity contribution in [3.05, 3.63) is 0 Å². The number of rotatable bonds is 2. The van der Waals surface area contributed by atoms with E-state index in [0.717, 1.165) is 6.04 Å². The van der Waals surface area contributed by atoms with Gasteiger partial charge in [-0.1, -0.05) is 19.8 Å². The molecule has 56 valence electrons. The van der Waals surface area contributed by atoms with Gasteiger partial charge in [-0.15, -0.1) is 0 Å². The fourth-order valence-electron chi connectivity index (χ4n) is 1.52. The molecular weight excluding hydrogens is 110 g/mol. The van der Waals surface area contributed by atoms with Crippen molar-refractivity contribution in [2.75, 3.05) is 6.54 Å². The molecule has 0 aliphatic carbocycles. The van der Waals surface area contributed by atoms with Crippen LogP contribution in [0.4, 0.5) is 0 Å². The standard InChI is InChI=1S/C8H17N.H2/c1-2-5-8-6-3-4-7-9-8;/h8-9H,2-7H2,1H3;1H. The number of hydrogen-bond donors (Lipinski definition) is 1. The Morgan fingerprint density at radius 1 is 1.56 bits per heavy atom. The molecule has 0 bridgehead atoms. The van der Waals surface area contributed by atoms with Gasteiger partial charge in [-0.3, -0.25) is 0 Å². The summed E-state index contributed by atoms with van der Waals surface area (Å²) in [6, 6.07) is 0.851. The van der Waals surface area contributed by atoms with Crippen molar-refractivity contribution in [2.45, 2.75) is 45.1 Å². The van der Waals surface area contributed by atoms with Crippen LogP contribution in [-0.2, 0) is 0 Å². The Hall–Kier alpha value is -0.0400. The second-order valence-corrected chi connectivity index (χ2v) is 2.94. The van der Waals surface area contributed by atoms with Crippen molar-refractivity contribution in [1.29, 1.82) is 0 Å². The van der Waals surface area contributed by atoms with Gasteiger partial charge in [0.25, 0.3) is 0 Å². The highest BCUT2D eigenvalue weighted by atomic mass is 14.9. The second-order valence-electron chi connectivity index (χ2n) is 2.94. The van der Waals surface area contributed by atoms with E-state index in [9.17, 15) is 0 Å². The molecule has 1 nitrogen and oxygen atoms in total. The second kappa shape index (κ2) is 3.89. The predicted octanol–water partition coefficient (Wildman–Crippen LogP) is 2.17. The molecule has 1 heteroatoms. The molecule has 1 N–H and O–H groups in total. The van der Waals surface area contributed by atoms with Gasteiger partial charge in [0.2, 0.25) is 0 Å². The number of piperidine rings is 1. The quantitative estimate of drug-likeness (QED) is 0.602. The normalized spacial score (nSPS) is 28.3. The molecule has 0 aromatic carbocycles. The highest BCUT2D eigenvalue weighted by molar-refractivity contribution is 4.70. The van der Waals surface area contributed by atoms with Crippen molar-refractivity contribution >= 4 is 0 Å². The average Bonchev–Trinajstić information content (AvgIpc) is 1.91. The molecule has 0 amide bonds. The van der Waals surface area contributed by atoms with Gasteiger partial charge in [0.15, 0.2) is 0 Å². The van der Waals surface area contributed by atoms with Crippen LogP contribution in [0.15, 0.2) is 0 Å². The lowest BCUT2D eigenvalue weighted by Crippen LogP contribution is -2.33. The van der Waals surface area contributed by atoms with Crippen molar-refractivity contribution in [3.63, 3.8) is 0 Å². The molecule has 1 atom stereocenters. The van der Waals surface area contributed by atoms with Crippen LogP contribution in [0.3, 0.4) is 0 Å². The Balaban J connectivity index is 0.000000810. The van der Waals surface area contributed by atoms with E-state index in [4.69, 9.17) is 0 Å². The lowest BCUT2D eigenvalue weighted by Gasteiger charge is -2.22. The molecule has 1 rings (SSSR count). The monoisotopic (exact) mass is 129 g/mol. The molecule has 1 saturated heterocycles. The average molecular weight is 129 g/mol. The summed E-state index contributed by atoms with van der Waals surface area (Å²) in [6.45, 7) is 3.51. The van der Waals surface area contributed by atoms with Gasteiger partial charge in [-0.2, -0.15) is 0 Å². The zero-order valence-electron chi connectivity index (χ0n) is 6.32. The van der Waals surface area contributed by atoms with E-state index in [-0.39, 0.29) is 1.43 Å². The minimum atomic E-state index is 0. The molecule has 1 aliphatic rings. The van der Waals surface area contributed by atoms with Gasteiger partial charge >= 0.3 is 0 Å². The van der Waals surface area contributed by atoms with Gasteiger partial charge in [0, 0.05) is 7.47 Å². The Morgan fingerprint density at radius 2 is 2.44 bits per heavy atom. The number of hydrogen-bond acceptors (Lipinski definition) is 1. The third-order valence-electron chi connectivity index (χ3n) is 2.05. The molecule has 1 fully saturated rings. The minimum Gasteiger partial charge on any atom is -0.314 e. The summed E-state index contributed by atoms with van der Waals surface area (Å²) in [5.74, 6) is 0. The first-order valence-corrected chi connectivity index (χ1v) is 4.17. The van der Waals surface area contributed by atoms with E-state index in [0.29, 0.717) is 0 Å². The summed E-state index contributed by atoms with van der Waals surface area (Å²) in [5.41, 5.74) is 0. The highest BCUT2D eigenvalue weighted by Crippen LogP contribution is 2.10. The zero-order chi connectivity index (χ0) is 6.53. The SMILES string of the molecule is CCCC1CCCCN1.[HH]. The van der Waals surface area contributed by atoms with Crippen LogP contribution in [0.5, 0.6) is 0 Å². The van der Waals surface area contributed by atoms with E-state index in [1.54, 1.807) is 0 Å². The third-order valence-corrected chi connectivity index (χ3v) is 2.05.